The summed E-state index contributed by atoms with van der Waals surface area (Å²) in [7, 11) is 0. The number of nitrogens with zero attached hydrogens (tertiary/aromatic N) is 1. The van der Waals surface area contributed by atoms with Gasteiger partial charge >= 0.3 is 0 Å². The molecule has 2 aliphatic rings. The maximum atomic E-state index is 5.83. The SMILES string of the molecule is CCC1(C)CN(c2ccc3c(c2)OCCCO3)C(C)CN1. The van der Waals surface area contributed by atoms with Crippen LogP contribution in [0.4, 0.5) is 5.69 Å². The van der Waals surface area contributed by atoms with E-state index in [-0.39, 0.29) is 5.54 Å². The Morgan fingerprint density at radius 3 is 2.81 bits per heavy atom. The second kappa shape index (κ2) is 5.76. The van der Waals surface area contributed by atoms with Crippen LogP contribution >= 0.6 is 0 Å². The van der Waals surface area contributed by atoms with Gasteiger partial charge in [-0.2, -0.15) is 0 Å². The molecule has 1 saturated heterocycles. The monoisotopic (exact) mass is 290 g/mol. The third-order valence-corrected chi connectivity index (χ3v) is 4.72. The van der Waals surface area contributed by atoms with Gasteiger partial charge in [-0.05, 0) is 32.4 Å². The zero-order valence-electron chi connectivity index (χ0n) is 13.3. The molecule has 2 heterocycles. The lowest BCUT2D eigenvalue weighted by Crippen LogP contribution is -2.62. The van der Waals surface area contributed by atoms with Crippen molar-refractivity contribution in [2.45, 2.75) is 45.2 Å². The van der Waals surface area contributed by atoms with E-state index < -0.39 is 0 Å². The molecule has 0 spiro atoms. The minimum Gasteiger partial charge on any atom is -0.490 e. The van der Waals surface area contributed by atoms with Crippen LogP contribution in [0.3, 0.4) is 0 Å². The van der Waals surface area contributed by atoms with Crippen molar-refractivity contribution >= 4 is 5.69 Å². The van der Waals surface area contributed by atoms with Gasteiger partial charge in [0.05, 0.1) is 13.2 Å². The highest BCUT2D eigenvalue weighted by molar-refractivity contribution is 5.57. The van der Waals surface area contributed by atoms with E-state index in [4.69, 9.17) is 9.47 Å². The van der Waals surface area contributed by atoms with Gasteiger partial charge in [-0.3, -0.25) is 0 Å². The van der Waals surface area contributed by atoms with E-state index in [0.29, 0.717) is 6.04 Å². The molecule has 4 nitrogen and oxygen atoms in total. The average Bonchev–Trinajstić information content (AvgIpc) is 2.74. The highest BCUT2D eigenvalue weighted by atomic mass is 16.5. The Balaban J connectivity index is 1.86. The van der Waals surface area contributed by atoms with Crippen LogP contribution in [0.15, 0.2) is 18.2 Å². The highest BCUT2D eigenvalue weighted by Gasteiger charge is 2.33. The predicted octanol–water partition coefficient (Wildman–Crippen LogP) is 2.81. The van der Waals surface area contributed by atoms with Gasteiger partial charge in [0, 0.05) is 42.8 Å². The van der Waals surface area contributed by atoms with Crippen molar-refractivity contribution in [3.63, 3.8) is 0 Å². The summed E-state index contributed by atoms with van der Waals surface area (Å²) >= 11 is 0. The van der Waals surface area contributed by atoms with Crippen molar-refractivity contribution in [2.75, 3.05) is 31.2 Å². The van der Waals surface area contributed by atoms with Crippen molar-refractivity contribution in [1.82, 2.24) is 5.32 Å². The van der Waals surface area contributed by atoms with Gasteiger partial charge in [0.2, 0.25) is 0 Å². The first-order chi connectivity index (χ1) is 10.1. The molecule has 116 valence electrons. The zero-order valence-corrected chi connectivity index (χ0v) is 13.3. The molecule has 0 aliphatic carbocycles. The first-order valence-corrected chi connectivity index (χ1v) is 8.03. The maximum absolute atomic E-state index is 5.83. The second-order valence-electron chi connectivity index (χ2n) is 6.45. The van der Waals surface area contributed by atoms with Crippen LogP contribution in [-0.2, 0) is 0 Å². The smallest absolute Gasteiger partial charge is 0.163 e. The molecule has 0 amide bonds. The lowest BCUT2D eigenvalue weighted by molar-refractivity contribution is 0.285. The van der Waals surface area contributed by atoms with Gasteiger partial charge in [-0.1, -0.05) is 6.92 Å². The number of nitrogens with one attached hydrogen (secondary N) is 1. The Bertz CT molecular complexity index is 506. The van der Waals surface area contributed by atoms with Crippen molar-refractivity contribution in [3.8, 4) is 11.5 Å². The third-order valence-electron chi connectivity index (χ3n) is 4.72. The van der Waals surface area contributed by atoms with E-state index in [1.54, 1.807) is 0 Å². The average molecular weight is 290 g/mol. The number of rotatable bonds is 2. The van der Waals surface area contributed by atoms with Gasteiger partial charge in [0.15, 0.2) is 11.5 Å². The van der Waals surface area contributed by atoms with E-state index in [1.807, 2.05) is 6.07 Å². The molecule has 3 rings (SSSR count). The summed E-state index contributed by atoms with van der Waals surface area (Å²) in [4.78, 5) is 2.48. The first kappa shape index (κ1) is 14.5. The van der Waals surface area contributed by atoms with Gasteiger partial charge in [-0.15, -0.1) is 0 Å². The normalized spacial score (nSPS) is 29.1. The quantitative estimate of drug-likeness (QED) is 0.908. The van der Waals surface area contributed by atoms with Crippen LogP contribution in [0.5, 0.6) is 11.5 Å². The van der Waals surface area contributed by atoms with Crippen molar-refractivity contribution in [1.29, 1.82) is 0 Å². The molecule has 0 aromatic heterocycles. The van der Waals surface area contributed by atoms with E-state index in [0.717, 1.165) is 50.6 Å². The Morgan fingerprint density at radius 1 is 1.29 bits per heavy atom. The van der Waals surface area contributed by atoms with Gasteiger partial charge < -0.3 is 19.7 Å². The summed E-state index contributed by atoms with van der Waals surface area (Å²) < 4.78 is 11.6. The lowest BCUT2D eigenvalue weighted by atomic mass is 9.93. The molecule has 21 heavy (non-hydrogen) atoms. The van der Waals surface area contributed by atoms with Gasteiger partial charge in [0.25, 0.3) is 0 Å². The van der Waals surface area contributed by atoms with E-state index in [9.17, 15) is 0 Å². The Labute approximate surface area is 127 Å². The predicted molar refractivity (Wildman–Crippen MR) is 85.6 cm³/mol. The number of piperazine rings is 1. The molecule has 2 unspecified atom stereocenters. The first-order valence-electron chi connectivity index (χ1n) is 8.03. The highest BCUT2D eigenvalue weighted by Crippen LogP contribution is 2.35. The number of fused-ring (bicyclic) bond motifs is 1. The molecule has 1 fully saturated rings. The molecule has 2 atom stereocenters. The van der Waals surface area contributed by atoms with Crippen molar-refractivity contribution < 1.29 is 9.47 Å². The van der Waals surface area contributed by atoms with Crippen LogP contribution in [0, 0.1) is 0 Å². The van der Waals surface area contributed by atoms with Crippen molar-refractivity contribution in [3.05, 3.63) is 18.2 Å². The van der Waals surface area contributed by atoms with Gasteiger partial charge in [-0.25, -0.2) is 0 Å². The van der Waals surface area contributed by atoms with E-state index in [2.05, 4.69) is 43.1 Å². The fourth-order valence-electron chi connectivity index (χ4n) is 3.01. The molecule has 0 saturated carbocycles. The van der Waals surface area contributed by atoms with Crippen LogP contribution in [-0.4, -0.2) is 37.9 Å². The summed E-state index contributed by atoms with van der Waals surface area (Å²) in [6.45, 7) is 10.3. The molecule has 0 radical (unpaired) electrons. The van der Waals surface area contributed by atoms with Gasteiger partial charge in [0.1, 0.15) is 0 Å². The molecule has 1 aromatic carbocycles. The standard InChI is InChI=1S/C17H26N2O2/c1-4-17(3)12-19(13(2)11-18-17)14-6-7-15-16(10-14)21-9-5-8-20-15/h6-7,10,13,18H,4-5,8-9,11-12H2,1-3H3. The number of hydrogen-bond donors (Lipinski definition) is 1. The summed E-state index contributed by atoms with van der Waals surface area (Å²) in [5.41, 5.74) is 1.41. The molecule has 0 bridgehead atoms. The van der Waals surface area contributed by atoms with Crippen LogP contribution in [0.25, 0.3) is 0 Å². The Hall–Kier alpha value is -1.42. The molecule has 4 heteroatoms. The minimum absolute atomic E-state index is 0.177. The number of benzene rings is 1. The number of hydrogen-bond acceptors (Lipinski definition) is 4. The summed E-state index contributed by atoms with van der Waals surface area (Å²) in [5, 5.41) is 3.67. The molecular weight excluding hydrogens is 264 g/mol. The summed E-state index contributed by atoms with van der Waals surface area (Å²) in [5.74, 6) is 1.76. The fraction of sp³-hybridized carbons (Fsp3) is 0.647. The van der Waals surface area contributed by atoms with Crippen LogP contribution in [0.2, 0.25) is 0 Å². The molecular formula is C17H26N2O2. The van der Waals surface area contributed by atoms with Crippen LogP contribution < -0.4 is 19.7 Å². The minimum atomic E-state index is 0.177. The molecule has 2 aliphatic heterocycles. The number of anilines is 1. The molecule has 1 aromatic rings. The fourth-order valence-corrected chi connectivity index (χ4v) is 3.01. The van der Waals surface area contributed by atoms with Crippen LogP contribution in [0.1, 0.15) is 33.6 Å². The topological polar surface area (TPSA) is 33.7 Å². The lowest BCUT2D eigenvalue weighted by Gasteiger charge is -2.46. The Kier molecular flexibility index (Phi) is 3.98. The van der Waals surface area contributed by atoms with E-state index in [1.165, 1.54) is 5.69 Å². The summed E-state index contributed by atoms with van der Waals surface area (Å²) in [6, 6.07) is 6.83. The zero-order chi connectivity index (χ0) is 14.9. The second-order valence-corrected chi connectivity index (χ2v) is 6.45. The number of ether oxygens (including phenoxy) is 2. The Morgan fingerprint density at radius 2 is 2.05 bits per heavy atom. The van der Waals surface area contributed by atoms with E-state index >= 15 is 0 Å². The van der Waals surface area contributed by atoms with Crippen molar-refractivity contribution in [2.24, 2.45) is 0 Å². The summed E-state index contributed by atoms with van der Waals surface area (Å²) in [6.07, 6.45) is 2.07. The largest absolute Gasteiger partial charge is 0.490 e. The molecule has 1 N–H and O–H groups in total. The third kappa shape index (κ3) is 2.95. The maximum Gasteiger partial charge on any atom is 0.163 e.